The number of hydrogen-bond acceptors (Lipinski definition) is 3. The molecule has 1 N–H and O–H groups in total. The maximum atomic E-state index is 5.90. The molecule has 2 rings (SSSR count). The van der Waals surface area contributed by atoms with E-state index in [1.807, 2.05) is 19.1 Å². The summed E-state index contributed by atoms with van der Waals surface area (Å²) in [7, 11) is 0. The van der Waals surface area contributed by atoms with E-state index in [4.69, 9.17) is 4.74 Å². The van der Waals surface area contributed by atoms with Crippen LogP contribution in [-0.4, -0.2) is 24.2 Å². The van der Waals surface area contributed by atoms with Crippen LogP contribution in [0.3, 0.4) is 0 Å². The van der Waals surface area contributed by atoms with Gasteiger partial charge in [0, 0.05) is 24.2 Å². The minimum Gasteiger partial charge on any atom is -0.491 e. The normalized spacial score (nSPS) is 16.6. The highest BCUT2D eigenvalue weighted by molar-refractivity contribution is 5.29. The fourth-order valence-corrected chi connectivity index (χ4v) is 1.93. The number of pyridine rings is 1. The Hall–Kier alpha value is -1.09. The molecule has 0 aliphatic heterocycles. The predicted molar refractivity (Wildman–Crippen MR) is 74.0 cm³/mol. The third-order valence-corrected chi connectivity index (χ3v) is 3.26. The Balaban J connectivity index is 1.80. The number of rotatable bonds is 7. The minimum absolute atomic E-state index is 0.539. The summed E-state index contributed by atoms with van der Waals surface area (Å²) in [6.07, 6.45) is 3.61. The fraction of sp³-hybridized carbons (Fsp3) is 0.667. The summed E-state index contributed by atoms with van der Waals surface area (Å²) < 4.78 is 5.90. The van der Waals surface area contributed by atoms with Crippen molar-refractivity contribution < 1.29 is 4.74 Å². The molecule has 3 nitrogen and oxygen atoms in total. The smallest absolute Gasteiger partial charge is 0.140 e. The minimum atomic E-state index is 0.539. The molecule has 0 bridgehead atoms. The first kappa shape index (κ1) is 13.3. The van der Waals surface area contributed by atoms with Crippen LogP contribution in [0.4, 0.5) is 0 Å². The van der Waals surface area contributed by atoms with Crippen molar-refractivity contribution in [2.24, 2.45) is 5.92 Å². The highest BCUT2D eigenvalue weighted by Crippen LogP contribution is 2.20. The second-order valence-electron chi connectivity index (χ2n) is 5.35. The topological polar surface area (TPSA) is 34.1 Å². The summed E-state index contributed by atoms with van der Waals surface area (Å²) >= 11 is 0. The first-order valence-electron chi connectivity index (χ1n) is 7.01. The van der Waals surface area contributed by atoms with Gasteiger partial charge in [0.1, 0.15) is 5.75 Å². The van der Waals surface area contributed by atoms with Crippen molar-refractivity contribution in [3.8, 4) is 5.75 Å². The lowest BCUT2D eigenvalue weighted by Gasteiger charge is -2.15. The lowest BCUT2D eigenvalue weighted by Crippen LogP contribution is -2.26. The molecule has 100 valence electrons. The number of ether oxygens (including phenoxy) is 1. The van der Waals surface area contributed by atoms with Gasteiger partial charge in [0.2, 0.25) is 0 Å². The van der Waals surface area contributed by atoms with E-state index in [9.17, 15) is 0 Å². The fourth-order valence-electron chi connectivity index (χ4n) is 1.93. The van der Waals surface area contributed by atoms with Crippen LogP contribution in [-0.2, 0) is 6.42 Å². The Morgan fingerprint density at radius 3 is 2.89 bits per heavy atom. The van der Waals surface area contributed by atoms with E-state index in [-0.39, 0.29) is 0 Å². The molecule has 1 heterocycles. The molecule has 1 aromatic heterocycles. The lowest BCUT2D eigenvalue weighted by atomic mass is 10.2. The summed E-state index contributed by atoms with van der Waals surface area (Å²) in [6, 6.07) is 4.84. The van der Waals surface area contributed by atoms with E-state index in [2.05, 4.69) is 24.1 Å². The second-order valence-corrected chi connectivity index (χ2v) is 5.35. The van der Waals surface area contributed by atoms with E-state index in [1.165, 1.54) is 12.8 Å². The number of nitrogens with zero attached hydrogens (tertiary/aromatic N) is 1. The van der Waals surface area contributed by atoms with Crippen LogP contribution < -0.4 is 10.1 Å². The van der Waals surface area contributed by atoms with Crippen LogP contribution in [0.5, 0.6) is 5.75 Å². The molecule has 3 heteroatoms. The first-order chi connectivity index (χ1) is 8.69. The molecule has 0 saturated heterocycles. The summed E-state index contributed by atoms with van der Waals surface area (Å²) in [6.45, 7) is 8.17. The third-order valence-electron chi connectivity index (χ3n) is 3.26. The van der Waals surface area contributed by atoms with Crippen molar-refractivity contribution in [1.82, 2.24) is 10.3 Å². The predicted octanol–water partition coefficient (Wildman–Crippen LogP) is 2.72. The van der Waals surface area contributed by atoms with Gasteiger partial charge >= 0.3 is 0 Å². The van der Waals surface area contributed by atoms with Crippen molar-refractivity contribution in [1.29, 1.82) is 0 Å². The monoisotopic (exact) mass is 248 g/mol. The summed E-state index contributed by atoms with van der Waals surface area (Å²) in [5.41, 5.74) is 2.13. The molecule has 18 heavy (non-hydrogen) atoms. The molecule has 1 saturated carbocycles. The molecule has 0 radical (unpaired) electrons. The number of aryl methyl sites for hydroxylation is 2. The van der Waals surface area contributed by atoms with Gasteiger partial charge in [-0.3, -0.25) is 4.98 Å². The molecule has 1 atom stereocenters. The number of nitrogens with one attached hydrogen (secondary N) is 1. The van der Waals surface area contributed by atoms with Gasteiger partial charge in [-0.1, -0.05) is 13.8 Å². The summed E-state index contributed by atoms with van der Waals surface area (Å²) in [5, 5.41) is 3.53. The molecule has 0 aromatic carbocycles. The second kappa shape index (κ2) is 6.19. The SMILES string of the molecule is CCc1nc(C)ccc1OCC(C)CNC1CC1. The lowest BCUT2D eigenvalue weighted by molar-refractivity contribution is 0.252. The standard InChI is InChI=1S/C15H24N2O/c1-4-14-15(8-5-12(3)17-14)18-10-11(2)9-16-13-6-7-13/h5,8,11,13,16H,4,6-7,9-10H2,1-3H3. The van der Waals surface area contributed by atoms with Gasteiger partial charge < -0.3 is 10.1 Å². The molecular weight excluding hydrogens is 224 g/mol. The zero-order valence-corrected chi connectivity index (χ0v) is 11.7. The summed E-state index contributed by atoms with van der Waals surface area (Å²) in [4.78, 5) is 4.51. The zero-order chi connectivity index (χ0) is 13.0. The largest absolute Gasteiger partial charge is 0.491 e. The molecule has 1 aliphatic rings. The van der Waals surface area contributed by atoms with Gasteiger partial charge in [-0.25, -0.2) is 0 Å². The van der Waals surface area contributed by atoms with Crippen LogP contribution in [0, 0.1) is 12.8 Å². The Morgan fingerprint density at radius 1 is 1.44 bits per heavy atom. The maximum Gasteiger partial charge on any atom is 0.140 e. The van der Waals surface area contributed by atoms with Crippen molar-refractivity contribution in [3.05, 3.63) is 23.5 Å². The molecule has 0 spiro atoms. The average Bonchev–Trinajstić information content (AvgIpc) is 3.18. The van der Waals surface area contributed by atoms with Crippen LogP contribution >= 0.6 is 0 Å². The quantitative estimate of drug-likeness (QED) is 0.805. The van der Waals surface area contributed by atoms with Crippen LogP contribution in [0.1, 0.15) is 38.1 Å². The molecule has 0 amide bonds. The first-order valence-corrected chi connectivity index (χ1v) is 7.01. The van der Waals surface area contributed by atoms with E-state index in [0.29, 0.717) is 5.92 Å². The zero-order valence-electron chi connectivity index (χ0n) is 11.7. The Labute approximate surface area is 110 Å². The van der Waals surface area contributed by atoms with E-state index in [0.717, 1.165) is 42.8 Å². The number of aromatic nitrogens is 1. The van der Waals surface area contributed by atoms with Crippen molar-refractivity contribution in [2.75, 3.05) is 13.2 Å². The Bertz CT molecular complexity index is 388. The van der Waals surface area contributed by atoms with Gasteiger partial charge in [0.05, 0.1) is 12.3 Å². The van der Waals surface area contributed by atoms with Crippen molar-refractivity contribution in [2.45, 2.75) is 46.1 Å². The molecular formula is C15H24N2O. The van der Waals surface area contributed by atoms with E-state index >= 15 is 0 Å². The van der Waals surface area contributed by atoms with Gasteiger partial charge in [0.15, 0.2) is 0 Å². The van der Waals surface area contributed by atoms with E-state index in [1.54, 1.807) is 0 Å². The van der Waals surface area contributed by atoms with Crippen LogP contribution in [0.15, 0.2) is 12.1 Å². The van der Waals surface area contributed by atoms with Gasteiger partial charge in [-0.05, 0) is 38.3 Å². The molecule has 1 unspecified atom stereocenters. The molecule has 1 aromatic rings. The Kier molecular flexibility index (Phi) is 4.59. The van der Waals surface area contributed by atoms with Gasteiger partial charge in [-0.2, -0.15) is 0 Å². The molecule has 1 aliphatic carbocycles. The maximum absolute atomic E-state index is 5.90. The Morgan fingerprint density at radius 2 is 2.22 bits per heavy atom. The van der Waals surface area contributed by atoms with Crippen LogP contribution in [0.2, 0.25) is 0 Å². The van der Waals surface area contributed by atoms with Gasteiger partial charge in [-0.15, -0.1) is 0 Å². The van der Waals surface area contributed by atoms with Crippen molar-refractivity contribution in [3.63, 3.8) is 0 Å². The summed E-state index contributed by atoms with van der Waals surface area (Å²) in [5.74, 6) is 1.48. The van der Waals surface area contributed by atoms with Crippen LogP contribution in [0.25, 0.3) is 0 Å². The van der Waals surface area contributed by atoms with E-state index < -0.39 is 0 Å². The highest BCUT2D eigenvalue weighted by atomic mass is 16.5. The average molecular weight is 248 g/mol. The highest BCUT2D eigenvalue weighted by Gasteiger charge is 2.20. The third kappa shape index (κ3) is 3.98. The van der Waals surface area contributed by atoms with Crippen molar-refractivity contribution >= 4 is 0 Å². The van der Waals surface area contributed by atoms with Gasteiger partial charge in [0.25, 0.3) is 0 Å². The molecule has 1 fully saturated rings. The number of hydrogen-bond donors (Lipinski definition) is 1.